The van der Waals surface area contributed by atoms with Gasteiger partial charge in [-0.3, -0.25) is 14.6 Å². The van der Waals surface area contributed by atoms with Crippen molar-refractivity contribution in [1.82, 2.24) is 14.8 Å². The molecular formula is C33H33F3N4O2. The van der Waals surface area contributed by atoms with E-state index in [9.17, 15) is 22.8 Å². The number of carbonyl (C=O) groups is 2. The molecule has 0 radical (unpaired) electrons. The lowest BCUT2D eigenvalue weighted by Gasteiger charge is -2.44. The first kappa shape index (κ1) is 29.1. The van der Waals surface area contributed by atoms with Gasteiger partial charge in [-0.15, -0.1) is 0 Å². The Kier molecular flexibility index (Phi) is 8.47. The SMILES string of the molecule is CN(C)c1cccc(C(=O)N2CCC(N(Cc3ccnc4ccccc34)C(=O)C(F)(F)F)CC2Cc2ccccc2)c1. The fraction of sp³-hybridized carbons (Fsp3) is 0.303. The molecule has 5 rings (SSSR count). The summed E-state index contributed by atoms with van der Waals surface area (Å²) in [6.45, 7) is 0.0227. The fourth-order valence-electron chi connectivity index (χ4n) is 5.75. The van der Waals surface area contributed by atoms with Crippen LogP contribution in [-0.2, 0) is 17.8 Å². The topological polar surface area (TPSA) is 56.8 Å². The van der Waals surface area contributed by atoms with Gasteiger partial charge in [0, 0.05) is 62.1 Å². The number of hydrogen-bond donors (Lipinski definition) is 0. The van der Waals surface area contributed by atoms with Crippen molar-refractivity contribution < 1.29 is 22.8 Å². The zero-order valence-electron chi connectivity index (χ0n) is 23.6. The van der Waals surface area contributed by atoms with Gasteiger partial charge in [0.15, 0.2) is 0 Å². The van der Waals surface area contributed by atoms with Crippen LogP contribution in [0.2, 0.25) is 0 Å². The largest absolute Gasteiger partial charge is 0.471 e. The summed E-state index contributed by atoms with van der Waals surface area (Å²) in [7, 11) is 3.79. The number of halogens is 3. The van der Waals surface area contributed by atoms with Crippen molar-refractivity contribution in [3.63, 3.8) is 0 Å². The van der Waals surface area contributed by atoms with Crippen LogP contribution in [0.15, 0.2) is 91.1 Å². The number of likely N-dealkylation sites (tertiary alicyclic amines) is 1. The molecule has 1 aromatic heterocycles. The van der Waals surface area contributed by atoms with E-state index in [-0.39, 0.29) is 31.8 Å². The zero-order valence-corrected chi connectivity index (χ0v) is 23.6. The summed E-state index contributed by atoms with van der Waals surface area (Å²) in [4.78, 5) is 35.7. The summed E-state index contributed by atoms with van der Waals surface area (Å²) < 4.78 is 41.9. The van der Waals surface area contributed by atoms with Gasteiger partial charge in [-0.05, 0) is 60.7 Å². The Morgan fingerprint density at radius 1 is 0.952 bits per heavy atom. The monoisotopic (exact) mass is 574 g/mol. The molecule has 9 heteroatoms. The first-order valence-electron chi connectivity index (χ1n) is 13.9. The number of fused-ring (bicyclic) bond motifs is 1. The van der Waals surface area contributed by atoms with Crippen molar-refractivity contribution in [1.29, 1.82) is 0 Å². The van der Waals surface area contributed by atoms with Crippen LogP contribution in [0.4, 0.5) is 18.9 Å². The highest BCUT2D eigenvalue weighted by Gasteiger charge is 2.46. The average Bonchev–Trinajstić information content (AvgIpc) is 2.99. The lowest BCUT2D eigenvalue weighted by atomic mass is 9.90. The number of carbonyl (C=O) groups excluding carboxylic acids is 2. The molecule has 4 aromatic rings. The number of anilines is 1. The highest BCUT2D eigenvalue weighted by atomic mass is 19.4. The number of alkyl halides is 3. The number of benzene rings is 3. The third kappa shape index (κ3) is 6.40. The van der Waals surface area contributed by atoms with Crippen LogP contribution >= 0.6 is 0 Å². The van der Waals surface area contributed by atoms with E-state index in [4.69, 9.17) is 0 Å². The molecule has 218 valence electrons. The van der Waals surface area contributed by atoms with Crippen LogP contribution in [0.3, 0.4) is 0 Å². The second kappa shape index (κ2) is 12.2. The van der Waals surface area contributed by atoms with Crippen molar-refractivity contribution in [2.24, 2.45) is 0 Å². The van der Waals surface area contributed by atoms with E-state index < -0.39 is 24.2 Å². The van der Waals surface area contributed by atoms with Crippen LogP contribution in [0, 0.1) is 0 Å². The van der Waals surface area contributed by atoms with Crippen molar-refractivity contribution in [2.75, 3.05) is 25.5 Å². The van der Waals surface area contributed by atoms with Crippen molar-refractivity contribution in [3.8, 4) is 0 Å². The van der Waals surface area contributed by atoms with Gasteiger partial charge in [0.2, 0.25) is 0 Å². The molecule has 6 nitrogen and oxygen atoms in total. The van der Waals surface area contributed by atoms with Gasteiger partial charge in [0.1, 0.15) is 0 Å². The Bertz CT molecular complexity index is 1550. The Hall–Kier alpha value is -4.40. The quantitative estimate of drug-likeness (QED) is 0.267. The number of aromatic nitrogens is 1. The van der Waals surface area contributed by atoms with E-state index in [1.54, 1.807) is 41.4 Å². The number of pyridine rings is 1. The van der Waals surface area contributed by atoms with Gasteiger partial charge in [0.05, 0.1) is 5.52 Å². The van der Waals surface area contributed by atoms with E-state index in [1.165, 1.54) is 0 Å². The highest BCUT2D eigenvalue weighted by molar-refractivity contribution is 5.95. The summed E-state index contributed by atoms with van der Waals surface area (Å²) >= 11 is 0. The molecule has 1 aliphatic heterocycles. The Morgan fingerprint density at radius 2 is 1.69 bits per heavy atom. The normalized spacial score (nSPS) is 17.2. The number of para-hydroxylation sites is 1. The van der Waals surface area contributed by atoms with E-state index in [2.05, 4.69) is 4.98 Å². The minimum absolute atomic E-state index is 0.174. The molecule has 2 atom stereocenters. The van der Waals surface area contributed by atoms with Crippen LogP contribution in [0.1, 0.15) is 34.3 Å². The third-order valence-electron chi connectivity index (χ3n) is 7.90. The molecular weight excluding hydrogens is 541 g/mol. The minimum Gasteiger partial charge on any atom is -0.378 e. The Labute approximate surface area is 243 Å². The Morgan fingerprint density at radius 3 is 2.43 bits per heavy atom. The maximum Gasteiger partial charge on any atom is 0.471 e. The van der Waals surface area contributed by atoms with Crippen molar-refractivity contribution >= 4 is 28.4 Å². The lowest BCUT2D eigenvalue weighted by molar-refractivity contribution is -0.189. The summed E-state index contributed by atoms with van der Waals surface area (Å²) in [5.74, 6) is -2.04. The van der Waals surface area contributed by atoms with Gasteiger partial charge >= 0.3 is 12.1 Å². The first-order valence-corrected chi connectivity index (χ1v) is 13.9. The van der Waals surface area contributed by atoms with Crippen LogP contribution in [-0.4, -0.2) is 65.5 Å². The number of nitrogens with zero attached hydrogens (tertiary/aromatic N) is 4. The van der Waals surface area contributed by atoms with Gasteiger partial charge < -0.3 is 14.7 Å². The van der Waals surface area contributed by atoms with Gasteiger partial charge in [0.25, 0.3) is 5.91 Å². The second-order valence-corrected chi connectivity index (χ2v) is 10.9. The van der Waals surface area contributed by atoms with Gasteiger partial charge in [-0.25, -0.2) is 0 Å². The maximum atomic E-state index is 14.0. The molecule has 0 saturated carbocycles. The maximum absolute atomic E-state index is 14.0. The molecule has 0 N–H and O–H groups in total. The van der Waals surface area contributed by atoms with Gasteiger partial charge in [-0.1, -0.05) is 54.6 Å². The molecule has 0 aliphatic carbocycles. The minimum atomic E-state index is -5.03. The fourth-order valence-corrected chi connectivity index (χ4v) is 5.75. The number of rotatable bonds is 7. The van der Waals surface area contributed by atoms with Crippen LogP contribution in [0.5, 0.6) is 0 Å². The summed E-state index contributed by atoms with van der Waals surface area (Å²) in [5.41, 5.74) is 3.61. The Balaban J connectivity index is 1.48. The van der Waals surface area contributed by atoms with E-state index in [1.807, 2.05) is 73.6 Å². The molecule has 2 amide bonds. The zero-order chi connectivity index (χ0) is 29.9. The van der Waals surface area contributed by atoms with Crippen LogP contribution < -0.4 is 4.90 Å². The van der Waals surface area contributed by atoms with Crippen molar-refractivity contribution in [3.05, 3.63) is 108 Å². The molecule has 1 fully saturated rings. The third-order valence-corrected chi connectivity index (χ3v) is 7.90. The molecule has 1 aliphatic rings. The summed E-state index contributed by atoms with van der Waals surface area (Å²) in [5, 5.41) is 0.703. The molecule has 42 heavy (non-hydrogen) atoms. The molecule has 3 aromatic carbocycles. The standard InChI is InChI=1S/C33H33F3N4O2/c1-38(2)26-12-8-11-24(20-26)31(41)39-18-16-27(21-28(39)19-23-9-4-3-5-10-23)40(32(42)33(34,35)36)22-25-15-17-37-30-14-7-6-13-29(25)30/h3-15,17,20,27-28H,16,18-19,21-22H2,1-2H3. The van der Waals surface area contributed by atoms with E-state index >= 15 is 0 Å². The van der Waals surface area contributed by atoms with Crippen LogP contribution in [0.25, 0.3) is 10.9 Å². The summed E-state index contributed by atoms with van der Waals surface area (Å²) in [6.07, 6.45) is -2.57. The average molecular weight is 575 g/mol. The smallest absolute Gasteiger partial charge is 0.378 e. The molecule has 1 saturated heterocycles. The number of piperidine rings is 1. The van der Waals surface area contributed by atoms with E-state index in [0.29, 0.717) is 28.5 Å². The number of amides is 2. The number of hydrogen-bond acceptors (Lipinski definition) is 4. The molecule has 2 heterocycles. The predicted octanol–water partition coefficient (Wildman–Crippen LogP) is 6.11. The second-order valence-electron chi connectivity index (χ2n) is 10.9. The molecule has 0 spiro atoms. The lowest BCUT2D eigenvalue weighted by Crippen LogP contribution is -2.55. The van der Waals surface area contributed by atoms with Crippen molar-refractivity contribution in [2.45, 2.75) is 44.1 Å². The van der Waals surface area contributed by atoms with Gasteiger partial charge in [-0.2, -0.15) is 13.2 Å². The predicted molar refractivity (Wildman–Crippen MR) is 157 cm³/mol. The van der Waals surface area contributed by atoms with E-state index in [0.717, 1.165) is 16.2 Å². The molecule has 2 unspecified atom stereocenters. The highest BCUT2D eigenvalue weighted by Crippen LogP contribution is 2.32. The first-order chi connectivity index (χ1) is 20.1. The molecule has 0 bridgehead atoms. The summed E-state index contributed by atoms with van der Waals surface area (Å²) in [6, 6.07) is 24.7.